The van der Waals surface area contributed by atoms with Crippen LogP contribution in [0.15, 0.2) is 42.5 Å². The number of carbonyl (C=O) groups excluding carboxylic acids is 4. The number of hydrogen-bond donors (Lipinski definition) is 2. The molecule has 10 heteroatoms. The van der Waals surface area contributed by atoms with Crippen LogP contribution >= 0.6 is 11.9 Å². The molecule has 0 bridgehead atoms. The second kappa shape index (κ2) is 8.70. The molecule has 1 aromatic carbocycles. The molecule has 2 saturated heterocycles. The highest BCUT2D eigenvalue weighted by atomic mass is 32.2. The van der Waals surface area contributed by atoms with Crippen LogP contribution in [0.25, 0.3) is 0 Å². The quantitative estimate of drug-likeness (QED) is 0.269. The fourth-order valence-corrected chi connectivity index (χ4v) is 4.63. The molecule has 9 nitrogen and oxygen atoms in total. The average Bonchev–Trinajstić information content (AvgIpc) is 3.01. The van der Waals surface area contributed by atoms with Gasteiger partial charge in [-0.2, -0.15) is 0 Å². The molecule has 4 amide bonds. The number of carboxylic acids is 1. The average molecular weight is 431 g/mol. The molecule has 2 heterocycles. The minimum absolute atomic E-state index is 0.0342. The molecular weight excluding hydrogens is 410 g/mol. The summed E-state index contributed by atoms with van der Waals surface area (Å²) in [6, 6.07) is 6.53. The lowest BCUT2D eigenvalue weighted by molar-refractivity contribution is -0.160. The van der Waals surface area contributed by atoms with E-state index in [0.717, 1.165) is 26.7 Å². The van der Waals surface area contributed by atoms with Crippen molar-refractivity contribution in [3.63, 3.8) is 0 Å². The van der Waals surface area contributed by atoms with Gasteiger partial charge in [0.1, 0.15) is 11.4 Å². The first-order valence-corrected chi connectivity index (χ1v) is 10.1. The summed E-state index contributed by atoms with van der Waals surface area (Å²) < 4.78 is 0.942. The number of rotatable bonds is 8. The third-order valence-electron chi connectivity index (χ3n) is 4.80. The predicted molar refractivity (Wildman–Crippen MR) is 108 cm³/mol. The van der Waals surface area contributed by atoms with Gasteiger partial charge in [0.05, 0.1) is 6.42 Å². The Hall–Kier alpha value is -3.14. The summed E-state index contributed by atoms with van der Waals surface area (Å²) in [4.78, 5) is 62.0. The Bertz CT molecular complexity index is 888. The first-order valence-electron chi connectivity index (χ1n) is 9.27. The zero-order chi connectivity index (χ0) is 22.0. The van der Waals surface area contributed by atoms with Crippen molar-refractivity contribution < 1.29 is 29.1 Å². The van der Waals surface area contributed by atoms with E-state index in [0.29, 0.717) is 0 Å². The van der Waals surface area contributed by atoms with E-state index >= 15 is 0 Å². The molecule has 2 aliphatic heterocycles. The number of carboxylic acid groups (broad SMARTS) is 1. The Morgan fingerprint density at radius 3 is 2.33 bits per heavy atom. The van der Waals surface area contributed by atoms with Crippen LogP contribution in [-0.2, 0) is 30.4 Å². The summed E-state index contributed by atoms with van der Waals surface area (Å²) in [5.74, 6) is -3.15. The van der Waals surface area contributed by atoms with E-state index in [-0.39, 0.29) is 24.8 Å². The van der Waals surface area contributed by atoms with Crippen molar-refractivity contribution in [2.24, 2.45) is 0 Å². The molecule has 30 heavy (non-hydrogen) atoms. The number of amides is 4. The van der Waals surface area contributed by atoms with Crippen molar-refractivity contribution in [1.82, 2.24) is 14.5 Å². The number of aliphatic carboxylic acids is 1. The predicted octanol–water partition coefficient (Wildman–Crippen LogP) is 0.709. The number of hydrogen-bond acceptors (Lipinski definition) is 6. The van der Waals surface area contributed by atoms with Gasteiger partial charge >= 0.3 is 5.97 Å². The zero-order valence-electron chi connectivity index (χ0n) is 16.2. The summed E-state index contributed by atoms with van der Waals surface area (Å²) in [7, 11) is 0. The maximum absolute atomic E-state index is 12.8. The van der Waals surface area contributed by atoms with Gasteiger partial charge in [-0.3, -0.25) is 19.2 Å². The Kier molecular flexibility index (Phi) is 6.25. The van der Waals surface area contributed by atoms with E-state index in [1.165, 1.54) is 6.92 Å². The van der Waals surface area contributed by atoms with Crippen molar-refractivity contribution in [3.05, 3.63) is 48.0 Å². The molecule has 0 saturated carbocycles. The molecule has 0 radical (unpaired) electrons. The number of nitrogens with zero attached hydrogens (tertiary/aromatic N) is 2. The number of carbonyl (C=O) groups is 5. The Morgan fingerprint density at radius 2 is 1.80 bits per heavy atom. The van der Waals surface area contributed by atoms with E-state index in [1.54, 1.807) is 24.3 Å². The van der Waals surface area contributed by atoms with Gasteiger partial charge in [-0.1, -0.05) is 36.9 Å². The van der Waals surface area contributed by atoms with Crippen LogP contribution < -0.4 is 5.32 Å². The minimum Gasteiger partial charge on any atom is -0.479 e. The van der Waals surface area contributed by atoms with Gasteiger partial charge in [-0.05, 0) is 30.0 Å². The van der Waals surface area contributed by atoms with E-state index in [2.05, 4.69) is 11.9 Å². The summed E-state index contributed by atoms with van der Waals surface area (Å²) in [6.45, 7) is 5.11. The Morgan fingerprint density at radius 1 is 1.20 bits per heavy atom. The van der Waals surface area contributed by atoms with Crippen LogP contribution in [0, 0.1) is 0 Å². The second-order valence-electron chi connectivity index (χ2n) is 7.12. The highest BCUT2D eigenvalue weighted by molar-refractivity contribution is 7.98. The van der Waals surface area contributed by atoms with Gasteiger partial charge in [0.15, 0.2) is 6.04 Å². The monoisotopic (exact) mass is 431 g/mol. The molecule has 0 aliphatic carbocycles. The van der Waals surface area contributed by atoms with Gasteiger partial charge < -0.3 is 15.3 Å². The van der Waals surface area contributed by atoms with E-state index in [9.17, 15) is 29.1 Å². The highest BCUT2D eigenvalue weighted by Gasteiger charge is 2.55. The van der Waals surface area contributed by atoms with Gasteiger partial charge in [0.25, 0.3) is 0 Å². The highest BCUT2D eigenvalue weighted by Crippen LogP contribution is 2.38. The topological polar surface area (TPSA) is 124 Å². The SMILES string of the molecule is C=C(C)C(C(=O)O)N1C(=O)C(NC(=O)Cc2ccccc2)C1SN1C(=O)CCC1=O. The van der Waals surface area contributed by atoms with E-state index in [1.807, 2.05) is 6.07 Å². The third-order valence-corrected chi connectivity index (χ3v) is 6.14. The summed E-state index contributed by atoms with van der Waals surface area (Å²) in [5, 5.41) is 11.2. The number of benzene rings is 1. The Balaban J connectivity index is 1.80. The minimum atomic E-state index is -1.33. The van der Waals surface area contributed by atoms with Crippen LogP contribution in [-0.4, -0.2) is 61.4 Å². The van der Waals surface area contributed by atoms with E-state index < -0.39 is 47.1 Å². The molecule has 3 atom stereocenters. The smallest absolute Gasteiger partial charge is 0.330 e. The second-order valence-corrected chi connectivity index (χ2v) is 8.18. The molecule has 0 spiro atoms. The largest absolute Gasteiger partial charge is 0.479 e. The molecule has 158 valence electrons. The lowest BCUT2D eigenvalue weighted by Gasteiger charge is -2.49. The van der Waals surface area contributed by atoms with Gasteiger partial charge in [-0.15, -0.1) is 0 Å². The van der Waals surface area contributed by atoms with Gasteiger partial charge in [0, 0.05) is 12.8 Å². The molecule has 2 fully saturated rings. The maximum atomic E-state index is 12.8. The molecule has 2 N–H and O–H groups in total. The number of imide groups is 1. The molecule has 3 unspecified atom stereocenters. The number of likely N-dealkylation sites (tertiary alicyclic amines) is 1. The molecule has 3 rings (SSSR count). The van der Waals surface area contributed by atoms with Crippen LogP contribution in [0.3, 0.4) is 0 Å². The first-order chi connectivity index (χ1) is 14.2. The maximum Gasteiger partial charge on any atom is 0.330 e. The fourth-order valence-electron chi connectivity index (χ4n) is 3.36. The van der Waals surface area contributed by atoms with Gasteiger partial charge in [0.2, 0.25) is 23.6 Å². The summed E-state index contributed by atoms with van der Waals surface area (Å²) >= 11 is 0.762. The fraction of sp³-hybridized carbons (Fsp3) is 0.350. The van der Waals surface area contributed by atoms with Crippen LogP contribution in [0.2, 0.25) is 0 Å². The van der Waals surface area contributed by atoms with Crippen LogP contribution in [0.1, 0.15) is 25.3 Å². The van der Waals surface area contributed by atoms with E-state index in [4.69, 9.17) is 0 Å². The van der Waals surface area contributed by atoms with Gasteiger partial charge in [-0.25, -0.2) is 9.10 Å². The van der Waals surface area contributed by atoms with Crippen molar-refractivity contribution in [2.45, 2.75) is 43.6 Å². The normalized spacial score (nSPS) is 22.0. The summed E-state index contributed by atoms with van der Waals surface area (Å²) in [5.41, 5.74) is 0.965. The molecular formula is C20H21N3O6S. The van der Waals surface area contributed by atoms with Crippen LogP contribution in [0.4, 0.5) is 0 Å². The van der Waals surface area contributed by atoms with Crippen LogP contribution in [0.5, 0.6) is 0 Å². The summed E-state index contributed by atoms with van der Waals surface area (Å²) in [6.07, 6.45) is 0.146. The molecule has 2 aliphatic rings. The number of nitrogens with one attached hydrogen (secondary N) is 1. The zero-order valence-corrected chi connectivity index (χ0v) is 17.1. The third kappa shape index (κ3) is 4.23. The van der Waals surface area contributed by atoms with Crippen molar-refractivity contribution >= 4 is 41.5 Å². The lowest BCUT2D eigenvalue weighted by atomic mass is 9.99. The van der Waals surface area contributed by atoms with Crippen molar-refractivity contribution in [2.75, 3.05) is 0 Å². The molecule has 1 aromatic rings. The Labute approximate surface area is 177 Å². The molecule has 0 aromatic heterocycles. The first kappa shape index (κ1) is 21.6. The lowest BCUT2D eigenvalue weighted by Crippen LogP contribution is -2.73. The van der Waals surface area contributed by atoms with Crippen molar-refractivity contribution in [3.8, 4) is 0 Å². The van der Waals surface area contributed by atoms with Crippen molar-refractivity contribution in [1.29, 1.82) is 0 Å². The standard InChI is InChI=1S/C20H21N3O6S/c1-11(2)17(20(28)29)22-18(27)16(19(22)30-23-14(25)8-9-15(23)26)21-13(24)10-12-6-4-3-5-7-12/h3-7,16-17,19H,1,8-10H2,2H3,(H,21,24)(H,28,29). The number of β-lactam (4-membered cyclic amide) rings is 1.